The average Bonchev–Trinajstić information content (AvgIpc) is 2.53. The van der Waals surface area contributed by atoms with Gasteiger partial charge >= 0.3 is 0 Å². The van der Waals surface area contributed by atoms with E-state index in [2.05, 4.69) is 9.97 Å². The second-order valence-corrected chi connectivity index (χ2v) is 6.77. The van der Waals surface area contributed by atoms with E-state index >= 15 is 0 Å². The van der Waals surface area contributed by atoms with Crippen LogP contribution in [0, 0.1) is 5.82 Å². The minimum Gasteiger partial charge on any atom is -0.381 e. The number of carbonyl (C=O) groups is 1. The van der Waals surface area contributed by atoms with Crippen molar-refractivity contribution in [1.82, 2.24) is 9.97 Å². The Hall–Kier alpha value is -1.73. The summed E-state index contributed by atoms with van der Waals surface area (Å²) in [5.41, 5.74) is 0.340. The third kappa shape index (κ3) is 3.79. The van der Waals surface area contributed by atoms with Gasteiger partial charge in [0.05, 0.1) is 11.3 Å². The maximum absolute atomic E-state index is 14.0. The molecule has 1 aliphatic heterocycles. The van der Waals surface area contributed by atoms with Gasteiger partial charge in [-0.25, -0.2) is 9.37 Å². The molecule has 0 atom stereocenters. The fourth-order valence-electron chi connectivity index (χ4n) is 2.65. The van der Waals surface area contributed by atoms with E-state index in [9.17, 15) is 14.0 Å². The van der Waals surface area contributed by atoms with Crippen molar-refractivity contribution in [3.05, 3.63) is 39.7 Å². The number of hydrogen-bond acceptors (Lipinski definition) is 5. The van der Waals surface area contributed by atoms with Crippen molar-refractivity contribution in [2.24, 2.45) is 0 Å². The first kappa shape index (κ1) is 16.1. The number of halogens is 1. The normalized spacial score (nSPS) is 15.9. The van der Waals surface area contributed by atoms with Crippen LogP contribution in [0.4, 0.5) is 4.39 Å². The molecule has 0 aliphatic carbocycles. The van der Waals surface area contributed by atoms with E-state index in [1.54, 1.807) is 17.8 Å². The zero-order valence-corrected chi connectivity index (χ0v) is 13.3. The summed E-state index contributed by atoms with van der Waals surface area (Å²) < 4.78 is 19.4. The lowest BCUT2D eigenvalue weighted by atomic mass is 10.1. The summed E-state index contributed by atoms with van der Waals surface area (Å²) in [5, 5.41) is 0.433. The van der Waals surface area contributed by atoms with Crippen LogP contribution in [0.1, 0.15) is 24.2 Å². The van der Waals surface area contributed by atoms with Crippen LogP contribution >= 0.6 is 11.8 Å². The van der Waals surface area contributed by atoms with Gasteiger partial charge in [0.1, 0.15) is 23.3 Å². The number of benzene rings is 1. The highest BCUT2D eigenvalue weighted by Crippen LogP contribution is 2.25. The van der Waals surface area contributed by atoms with Crippen LogP contribution in [0.3, 0.4) is 0 Å². The highest BCUT2D eigenvalue weighted by Gasteiger charge is 2.16. The molecule has 0 unspecified atom stereocenters. The molecule has 1 aromatic heterocycles. The lowest BCUT2D eigenvalue weighted by Crippen LogP contribution is -2.18. The largest absolute Gasteiger partial charge is 0.381 e. The van der Waals surface area contributed by atoms with Gasteiger partial charge in [-0.2, -0.15) is 11.8 Å². The summed E-state index contributed by atoms with van der Waals surface area (Å²) >= 11 is 1.72. The van der Waals surface area contributed by atoms with E-state index in [-0.39, 0.29) is 11.8 Å². The van der Waals surface area contributed by atoms with Crippen molar-refractivity contribution >= 4 is 29.0 Å². The SMILES string of the molecule is O=CCc1cc(F)c2c(=O)[nH]c(CSC3CCOCC3)nc2c1. The number of thioether (sulfide) groups is 1. The minimum atomic E-state index is -0.642. The molecule has 0 radical (unpaired) electrons. The monoisotopic (exact) mass is 336 g/mol. The molecule has 5 nitrogen and oxygen atoms in total. The van der Waals surface area contributed by atoms with Crippen LogP contribution in [-0.2, 0) is 21.7 Å². The number of aldehydes is 1. The van der Waals surface area contributed by atoms with Crippen LogP contribution in [0.25, 0.3) is 10.9 Å². The highest BCUT2D eigenvalue weighted by molar-refractivity contribution is 7.99. The number of aromatic nitrogens is 2. The molecule has 1 aliphatic rings. The van der Waals surface area contributed by atoms with Crippen LogP contribution in [-0.4, -0.2) is 34.7 Å². The number of nitrogens with zero attached hydrogens (tertiary/aromatic N) is 1. The maximum Gasteiger partial charge on any atom is 0.261 e. The molecular weight excluding hydrogens is 319 g/mol. The Kier molecular flexibility index (Phi) is 5.07. The number of fused-ring (bicyclic) bond motifs is 1. The number of ether oxygens (including phenoxy) is 1. The van der Waals surface area contributed by atoms with Gasteiger partial charge in [0, 0.05) is 24.9 Å². The summed E-state index contributed by atoms with van der Waals surface area (Å²) in [7, 11) is 0. The molecular formula is C16H17FN2O3S. The van der Waals surface area contributed by atoms with E-state index in [4.69, 9.17) is 4.74 Å². The van der Waals surface area contributed by atoms with Crippen LogP contribution in [0.2, 0.25) is 0 Å². The van der Waals surface area contributed by atoms with Gasteiger partial charge < -0.3 is 14.5 Å². The lowest BCUT2D eigenvalue weighted by molar-refractivity contribution is -0.107. The number of aromatic amines is 1. The highest BCUT2D eigenvalue weighted by atomic mass is 32.2. The summed E-state index contributed by atoms with van der Waals surface area (Å²) in [6.45, 7) is 1.53. The summed E-state index contributed by atoms with van der Waals surface area (Å²) in [6, 6.07) is 2.81. The number of H-pyrrole nitrogens is 1. The van der Waals surface area contributed by atoms with E-state index in [0.29, 0.717) is 34.2 Å². The smallest absolute Gasteiger partial charge is 0.261 e. The molecule has 0 amide bonds. The molecule has 1 saturated heterocycles. The third-order valence-electron chi connectivity index (χ3n) is 3.81. The molecule has 3 rings (SSSR count). The predicted molar refractivity (Wildman–Crippen MR) is 87.2 cm³/mol. The van der Waals surface area contributed by atoms with E-state index in [1.807, 2.05) is 0 Å². The Morgan fingerprint density at radius 3 is 2.91 bits per heavy atom. The van der Waals surface area contributed by atoms with Crippen molar-refractivity contribution in [1.29, 1.82) is 0 Å². The Morgan fingerprint density at radius 1 is 1.39 bits per heavy atom. The van der Waals surface area contributed by atoms with Gasteiger partial charge in [0.2, 0.25) is 0 Å². The zero-order valence-electron chi connectivity index (χ0n) is 12.5. The summed E-state index contributed by atoms with van der Waals surface area (Å²) in [4.78, 5) is 29.7. The van der Waals surface area contributed by atoms with Crippen LogP contribution in [0.5, 0.6) is 0 Å². The van der Waals surface area contributed by atoms with Crippen molar-refractivity contribution in [3.63, 3.8) is 0 Å². The van der Waals surface area contributed by atoms with E-state index < -0.39 is 11.4 Å². The topological polar surface area (TPSA) is 72.0 Å². The Morgan fingerprint density at radius 2 is 2.17 bits per heavy atom. The first-order valence-corrected chi connectivity index (χ1v) is 8.56. The molecule has 122 valence electrons. The Bertz CT molecular complexity index is 772. The van der Waals surface area contributed by atoms with Gasteiger partial charge in [-0.15, -0.1) is 0 Å². The molecule has 0 saturated carbocycles. The molecule has 23 heavy (non-hydrogen) atoms. The Balaban J connectivity index is 1.86. The van der Waals surface area contributed by atoms with Crippen LogP contribution < -0.4 is 5.56 Å². The second-order valence-electron chi connectivity index (χ2n) is 5.48. The second kappa shape index (κ2) is 7.23. The minimum absolute atomic E-state index is 0.0561. The number of rotatable bonds is 5. The lowest BCUT2D eigenvalue weighted by Gasteiger charge is -2.21. The third-order valence-corrected chi connectivity index (χ3v) is 5.20. The van der Waals surface area contributed by atoms with Crippen molar-refractivity contribution < 1.29 is 13.9 Å². The average molecular weight is 336 g/mol. The molecule has 7 heteroatoms. The van der Waals surface area contributed by atoms with E-state index in [0.717, 1.165) is 26.1 Å². The molecule has 2 aromatic rings. The predicted octanol–water partition coefficient (Wildman–Crippen LogP) is 2.22. The van der Waals surface area contributed by atoms with E-state index in [1.165, 1.54) is 6.07 Å². The van der Waals surface area contributed by atoms with Crippen molar-refractivity contribution in [2.45, 2.75) is 30.3 Å². The fourth-order valence-corrected chi connectivity index (χ4v) is 3.70. The van der Waals surface area contributed by atoms with Crippen LogP contribution in [0.15, 0.2) is 16.9 Å². The standard InChI is InChI=1S/C16H17FN2O3S/c17-12-7-10(1-4-20)8-13-15(12)16(21)19-14(18-13)9-23-11-2-5-22-6-3-11/h4,7-8,11H,1-3,5-6,9H2,(H,18,19,21). The zero-order chi connectivity index (χ0) is 16.2. The van der Waals surface area contributed by atoms with Gasteiger partial charge in [0.25, 0.3) is 5.56 Å². The quantitative estimate of drug-likeness (QED) is 0.848. The number of hydrogen-bond donors (Lipinski definition) is 1. The summed E-state index contributed by atoms with van der Waals surface area (Å²) in [6.07, 6.45) is 2.78. The molecule has 1 fully saturated rings. The van der Waals surface area contributed by atoms with Crippen molar-refractivity contribution in [3.8, 4) is 0 Å². The summed E-state index contributed by atoms with van der Waals surface area (Å²) in [5.74, 6) is 0.452. The molecule has 1 aromatic carbocycles. The van der Waals surface area contributed by atoms with Gasteiger partial charge in [-0.1, -0.05) is 0 Å². The van der Waals surface area contributed by atoms with Gasteiger partial charge in [0.15, 0.2) is 0 Å². The maximum atomic E-state index is 14.0. The first-order valence-electron chi connectivity index (χ1n) is 7.51. The Labute approximate surface area is 136 Å². The number of carbonyl (C=O) groups excluding carboxylic acids is 1. The number of nitrogens with one attached hydrogen (secondary N) is 1. The first-order chi connectivity index (χ1) is 11.2. The molecule has 0 spiro atoms. The molecule has 2 heterocycles. The van der Waals surface area contributed by atoms with Gasteiger partial charge in [-0.05, 0) is 30.5 Å². The molecule has 1 N–H and O–H groups in total. The van der Waals surface area contributed by atoms with Gasteiger partial charge in [-0.3, -0.25) is 4.79 Å². The fraction of sp³-hybridized carbons (Fsp3) is 0.438. The molecule has 0 bridgehead atoms. The van der Waals surface area contributed by atoms with Crippen molar-refractivity contribution in [2.75, 3.05) is 13.2 Å².